The maximum Gasteiger partial charge on any atom is 0.242 e. The molecule has 19 heavy (non-hydrogen) atoms. The minimum absolute atomic E-state index is 0.0347. The van der Waals surface area contributed by atoms with Crippen LogP contribution in [0.1, 0.15) is 0 Å². The number of aliphatic hydroxyl groups excluding tert-OH is 1. The third kappa shape index (κ3) is 4.15. The van der Waals surface area contributed by atoms with E-state index in [1.807, 2.05) is 0 Å². The van der Waals surface area contributed by atoms with Gasteiger partial charge in [0.2, 0.25) is 10.0 Å². The maximum absolute atomic E-state index is 12.2. The van der Waals surface area contributed by atoms with E-state index in [2.05, 4.69) is 5.43 Å². The number of nitrogens with two attached hydrogens (primary N) is 1. The smallest absolute Gasteiger partial charge is 0.242 e. The van der Waals surface area contributed by atoms with Crippen molar-refractivity contribution in [3.63, 3.8) is 0 Å². The Balaban J connectivity index is 2.83. The summed E-state index contributed by atoms with van der Waals surface area (Å²) in [5.41, 5.74) is 3.03. The highest BCUT2D eigenvalue weighted by atomic mass is 32.2. The first-order chi connectivity index (χ1) is 8.91. The molecule has 108 valence electrons. The molecule has 7 nitrogen and oxygen atoms in total. The molecular formula is C11H19N3O4S. The van der Waals surface area contributed by atoms with Crippen LogP contribution >= 0.6 is 0 Å². The number of nitrogens with zero attached hydrogens (tertiary/aromatic N) is 1. The molecule has 0 spiro atoms. The van der Waals surface area contributed by atoms with Gasteiger partial charge in [0.15, 0.2) is 0 Å². The average Bonchev–Trinajstić information content (AvgIpc) is 2.39. The van der Waals surface area contributed by atoms with Gasteiger partial charge in [-0.05, 0) is 24.3 Å². The molecule has 0 aromatic heterocycles. The van der Waals surface area contributed by atoms with Crippen LogP contribution in [-0.2, 0) is 14.8 Å². The summed E-state index contributed by atoms with van der Waals surface area (Å²) < 4.78 is 30.2. The van der Waals surface area contributed by atoms with Crippen molar-refractivity contribution in [2.75, 3.05) is 32.7 Å². The first-order valence-electron chi connectivity index (χ1n) is 5.62. The second-order valence-electron chi connectivity index (χ2n) is 4.06. The molecule has 0 amide bonds. The van der Waals surface area contributed by atoms with Gasteiger partial charge in [0.05, 0.1) is 17.6 Å². The number of hydrazine groups is 1. The average molecular weight is 289 g/mol. The van der Waals surface area contributed by atoms with E-state index in [1.54, 1.807) is 12.1 Å². The first kappa shape index (κ1) is 15.9. The highest BCUT2D eigenvalue weighted by molar-refractivity contribution is 7.89. The zero-order valence-electron chi connectivity index (χ0n) is 10.9. The summed E-state index contributed by atoms with van der Waals surface area (Å²) in [4.78, 5) is 0.138. The number of hydrogen-bond acceptors (Lipinski definition) is 6. The van der Waals surface area contributed by atoms with Crippen LogP contribution in [0.5, 0.6) is 0 Å². The summed E-state index contributed by atoms with van der Waals surface area (Å²) in [7, 11) is -0.781. The number of aliphatic hydroxyl groups is 1. The molecule has 0 heterocycles. The zero-order chi connectivity index (χ0) is 14.5. The Morgan fingerprint density at radius 3 is 2.47 bits per heavy atom. The van der Waals surface area contributed by atoms with Crippen LogP contribution in [0.15, 0.2) is 29.2 Å². The molecule has 0 aliphatic heterocycles. The molecule has 0 aliphatic rings. The molecule has 0 fully saturated rings. The lowest BCUT2D eigenvalue weighted by molar-refractivity contribution is 0.0554. The van der Waals surface area contributed by atoms with Crippen LogP contribution in [-0.4, -0.2) is 51.2 Å². The molecule has 0 bridgehead atoms. The summed E-state index contributed by atoms with van der Waals surface area (Å²) >= 11 is 0. The van der Waals surface area contributed by atoms with E-state index in [4.69, 9.17) is 10.6 Å². The van der Waals surface area contributed by atoms with E-state index in [0.29, 0.717) is 5.69 Å². The third-order valence-electron chi connectivity index (χ3n) is 2.56. The lowest BCUT2D eigenvalue weighted by Crippen LogP contribution is -2.36. The predicted molar refractivity (Wildman–Crippen MR) is 72.0 cm³/mol. The number of rotatable bonds is 7. The predicted octanol–water partition coefficient (Wildman–Crippen LogP) is -0.400. The maximum atomic E-state index is 12.2. The van der Waals surface area contributed by atoms with Crippen LogP contribution in [0.2, 0.25) is 0 Å². The lowest BCUT2D eigenvalue weighted by Gasteiger charge is -2.20. The standard InChI is InChI=1S/C11H19N3O4S/c1-14(7-10(15)8-18-2)19(16,17)11-5-3-9(13-12)4-6-11/h3-6,10,13,15H,7-8,12H2,1-2H3. The molecule has 4 N–H and O–H groups in total. The van der Waals surface area contributed by atoms with Crippen LogP contribution in [0, 0.1) is 0 Å². The van der Waals surface area contributed by atoms with Gasteiger partial charge in [-0.1, -0.05) is 0 Å². The number of hydrogen-bond donors (Lipinski definition) is 3. The van der Waals surface area contributed by atoms with Gasteiger partial charge in [0, 0.05) is 26.4 Å². The van der Waals surface area contributed by atoms with Gasteiger partial charge >= 0.3 is 0 Å². The van der Waals surface area contributed by atoms with Crippen LogP contribution in [0.4, 0.5) is 5.69 Å². The van der Waals surface area contributed by atoms with E-state index in [9.17, 15) is 13.5 Å². The molecule has 1 aromatic rings. The van der Waals surface area contributed by atoms with Gasteiger partial charge < -0.3 is 15.3 Å². The van der Waals surface area contributed by atoms with Gasteiger partial charge in [-0.3, -0.25) is 5.84 Å². The van der Waals surface area contributed by atoms with Gasteiger partial charge in [-0.2, -0.15) is 4.31 Å². The van der Waals surface area contributed by atoms with Crippen molar-refractivity contribution in [2.45, 2.75) is 11.0 Å². The molecule has 0 saturated carbocycles. The van der Waals surface area contributed by atoms with Crippen LogP contribution in [0.3, 0.4) is 0 Å². The number of nitrogen functional groups attached to an aromatic ring is 1. The molecule has 0 saturated heterocycles. The van der Waals surface area contributed by atoms with Crippen LogP contribution < -0.4 is 11.3 Å². The summed E-state index contributed by atoms with van der Waals surface area (Å²) in [6.07, 6.45) is -0.866. The number of benzene rings is 1. The number of ether oxygens (including phenoxy) is 1. The van der Waals surface area contributed by atoms with E-state index in [1.165, 1.54) is 26.3 Å². The van der Waals surface area contributed by atoms with Gasteiger partial charge in [-0.25, -0.2) is 8.42 Å². The van der Waals surface area contributed by atoms with E-state index in [-0.39, 0.29) is 18.0 Å². The number of nitrogens with one attached hydrogen (secondary N) is 1. The highest BCUT2D eigenvalue weighted by Gasteiger charge is 2.22. The topological polar surface area (TPSA) is 105 Å². The Kier molecular flexibility index (Phi) is 5.70. The zero-order valence-corrected chi connectivity index (χ0v) is 11.7. The summed E-state index contributed by atoms with van der Waals surface area (Å²) in [6.45, 7) is 0.0446. The fraction of sp³-hybridized carbons (Fsp3) is 0.455. The van der Waals surface area contributed by atoms with Crippen molar-refractivity contribution >= 4 is 15.7 Å². The first-order valence-corrected chi connectivity index (χ1v) is 7.06. The molecule has 1 unspecified atom stereocenters. The Labute approximate surface area is 113 Å². The van der Waals surface area contributed by atoms with E-state index < -0.39 is 16.1 Å². The molecule has 0 aliphatic carbocycles. The van der Waals surface area contributed by atoms with Gasteiger partial charge in [0.25, 0.3) is 0 Å². The Morgan fingerprint density at radius 2 is 2.00 bits per heavy atom. The highest BCUT2D eigenvalue weighted by Crippen LogP contribution is 2.17. The lowest BCUT2D eigenvalue weighted by atomic mass is 10.3. The SMILES string of the molecule is COCC(O)CN(C)S(=O)(=O)c1ccc(NN)cc1. The van der Waals surface area contributed by atoms with Crippen molar-refractivity contribution in [2.24, 2.45) is 5.84 Å². The fourth-order valence-electron chi connectivity index (χ4n) is 1.54. The van der Waals surface area contributed by atoms with Gasteiger partial charge in [-0.15, -0.1) is 0 Å². The monoisotopic (exact) mass is 289 g/mol. The summed E-state index contributed by atoms with van der Waals surface area (Å²) in [6, 6.07) is 6.02. The normalized spacial score (nSPS) is 13.5. The summed E-state index contributed by atoms with van der Waals surface area (Å²) in [5.74, 6) is 5.21. The van der Waals surface area contributed by atoms with E-state index >= 15 is 0 Å². The molecule has 8 heteroatoms. The number of anilines is 1. The minimum Gasteiger partial charge on any atom is -0.389 e. The number of sulfonamides is 1. The van der Waals surface area contributed by atoms with E-state index in [0.717, 1.165) is 4.31 Å². The van der Waals surface area contributed by atoms with Crippen molar-refractivity contribution in [3.8, 4) is 0 Å². The molecule has 1 atom stereocenters. The van der Waals surface area contributed by atoms with Crippen molar-refractivity contribution in [3.05, 3.63) is 24.3 Å². The van der Waals surface area contributed by atoms with Crippen molar-refractivity contribution in [1.29, 1.82) is 0 Å². The van der Waals surface area contributed by atoms with Gasteiger partial charge in [0.1, 0.15) is 0 Å². The van der Waals surface area contributed by atoms with Crippen molar-refractivity contribution < 1.29 is 18.3 Å². The molecule has 1 aromatic carbocycles. The van der Waals surface area contributed by atoms with Crippen molar-refractivity contribution in [1.82, 2.24) is 4.31 Å². The Morgan fingerprint density at radius 1 is 1.42 bits per heavy atom. The molecular weight excluding hydrogens is 270 g/mol. The Bertz CT molecular complexity index is 489. The minimum atomic E-state index is -3.63. The number of likely N-dealkylation sites (N-methyl/N-ethyl adjacent to an activating group) is 1. The number of methoxy groups -OCH3 is 1. The third-order valence-corrected chi connectivity index (χ3v) is 4.39. The molecule has 0 radical (unpaired) electrons. The Hall–Kier alpha value is -1.19. The molecule has 1 rings (SSSR count). The van der Waals surface area contributed by atoms with Crippen LogP contribution in [0.25, 0.3) is 0 Å². The second-order valence-corrected chi connectivity index (χ2v) is 6.11. The fourth-order valence-corrected chi connectivity index (χ4v) is 2.75. The largest absolute Gasteiger partial charge is 0.389 e. The summed E-state index contributed by atoms with van der Waals surface area (Å²) in [5, 5.41) is 9.55. The quantitative estimate of drug-likeness (QED) is 0.466. The second kappa shape index (κ2) is 6.83.